The molecule has 0 saturated heterocycles. The summed E-state index contributed by atoms with van der Waals surface area (Å²) < 4.78 is 11.5. The van der Waals surface area contributed by atoms with E-state index < -0.39 is 0 Å². The zero-order valence-electron chi connectivity index (χ0n) is 15.3. The van der Waals surface area contributed by atoms with E-state index in [1.54, 1.807) is 25.5 Å². The van der Waals surface area contributed by atoms with Gasteiger partial charge in [0.05, 0.1) is 23.4 Å². The Kier molecular flexibility index (Phi) is 12.3. The Hall–Kier alpha value is -1.17. The van der Waals surface area contributed by atoms with Crippen LogP contribution in [0.25, 0.3) is 10.2 Å². The van der Waals surface area contributed by atoms with Crippen LogP contribution < -0.4 is 16.0 Å². The Labute approximate surface area is 176 Å². The molecule has 1 aromatic heterocycles. The number of fused-ring (bicyclic) bond motifs is 1. The molecule has 146 valence electrons. The lowest BCUT2D eigenvalue weighted by atomic mass is 10.3. The van der Waals surface area contributed by atoms with E-state index in [1.165, 1.54) is 4.70 Å². The van der Waals surface area contributed by atoms with Crippen LogP contribution in [-0.2, 0) is 9.47 Å². The second-order valence-electron chi connectivity index (χ2n) is 5.30. The van der Waals surface area contributed by atoms with Gasteiger partial charge in [-0.1, -0.05) is 23.5 Å². The minimum atomic E-state index is 0. The van der Waals surface area contributed by atoms with Crippen molar-refractivity contribution in [3.8, 4) is 0 Å². The molecule has 1 aromatic carbocycles. The number of thiazole rings is 1. The fraction of sp³-hybridized carbons (Fsp3) is 0.529. The molecule has 0 spiro atoms. The summed E-state index contributed by atoms with van der Waals surface area (Å²) in [5, 5.41) is 10.8. The number of hydrogen-bond donors (Lipinski definition) is 3. The van der Waals surface area contributed by atoms with Gasteiger partial charge in [-0.25, -0.2) is 4.98 Å². The molecule has 1 heterocycles. The van der Waals surface area contributed by atoms with Gasteiger partial charge >= 0.3 is 0 Å². The molecule has 0 saturated carbocycles. The number of rotatable bonds is 11. The Bertz CT molecular complexity index is 620. The molecule has 26 heavy (non-hydrogen) atoms. The third-order valence-corrected chi connectivity index (χ3v) is 4.39. The average molecular weight is 493 g/mol. The van der Waals surface area contributed by atoms with Crippen molar-refractivity contribution in [2.24, 2.45) is 4.99 Å². The normalized spacial score (nSPS) is 11.2. The van der Waals surface area contributed by atoms with Crippen molar-refractivity contribution in [3.05, 3.63) is 24.3 Å². The molecule has 2 aromatic rings. The standard InChI is InChI=1S/C17H27N5O2S.HI/c1-18-16(19-8-5-11-24-13-12-23-2)20-9-10-21-17-22-14-6-3-4-7-15(14)25-17;/h3-4,6-7H,5,8-13H2,1-2H3,(H,21,22)(H2,18,19,20);1H. The molecule has 0 bridgehead atoms. The fourth-order valence-corrected chi connectivity index (χ4v) is 3.04. The minimum absolute atomic E-state index is 0. The van der Waals surface area contributed by atoms with Crippen LogP contribution in [0.4, 0.5) is 5.13 Å². The summed E-state index contributed by atoms with van der Waals surface area (Å²) >= 11 is 1.67. The average Bonchev–Trinajstić information content (AvgIpc) is 3.05. The van der Waals surface area contributed by atoms with E-state index in [0.29, 0.717) is 19.8 Å². The Balaban J connectivity index is 0.00000338. The number of aliphatic imine (C=N–C) groups is 1. The maximum absolute atomic E-state index is 5.42. The van der Waals surface area contributed by atoms with Crippen molar-refractivity contribution in [1.29, 1.82) is 0 Å². The monoisotopic (exact) mass is 493 g/mol. The molecule has 0 aliphatic carbocycles. The number of ether oxygens (including phenoxy) is 2. The summed E-state index contributed by atoms with van der Waals surface area (Å²) in [5.74, 6) is 0.794. The summed E-state index contributed by atoms with van der Waals surface area (Å²) in [6.07, 6.45) is 0.925. The quantitative estimate of drug-likeness (QED) is 0.193. The molecular weight excluding hydrogens is 465 g/mol. The van der Waals surface area contributed by atoms with Gasteiger partial charge in [0.1, 0.15) is 0 Å². The number of nitrogens with one attached hydrogen (secondary N) is 3. The number of hydrogen-bond acceptors (Lipinski definition) is 6. The van der Waals surface area contributed by atoms with Crippen LogP contribution in [0, 0.1) is 0 Å². The van der Waals surface area contributed by atoms with E-state index in [4.69, 9.17) is 9.47 Å². The van der Waals surface area contributed by atoms with Crippen LogP contribution in [0.3, 0.4) is 0 Å². The number of benzene rings is 1. The molecule has 0 aliphatic heterocycles. The fourth-order valence-electron chi connectivity index (χ4n) is 2.14. The summed E-state index contributed by atoms with van der Waals surface area (Å²) in [5.41, 5.74) is 1.04. The molecule has 0 amide bonds. The SMILES string of the molecule is CN=C(NCCCOCCOC)NCCNc1nc2ccccc2s1.I. The van der Waals surface area contributed by atoms with Crippen LogP contribution in [0.15, 0.2) is 29.3 Å². The highest BCUT2D eigenvalue weighted by molar-refractivity contribution is 14.0. The van der Waals surface area contributed by atoms with Crippen LogP contribution in [0.5, 0.6) is 0 Å². The Morgan fingerprint density at radius 1 is 1.12 bits per heavy atom. The van der Waals surface area contributed by atoms with Gasteiger partial charge in [-0.2, -0.15) is 0 Å². The predicted octanol–water partition coefficient (Wildman–Crippen LogP) is 2.54. The summed E-state index contributed by atoms with van der Waals surface area (Å²) in [7, 11) is 3.44. The lowest BCUT2D eigenvalue weighted by Gasteiger charge is -2.12. The van der Waals surface area contributed by atoms with E-state index >= 15 is 0 Å². The van der Waals surface area contributed by atoms with Crippen LogP contribution in [0.2, 0.25) is 0 Å². The molecule has 0 radical (unpaired) electrons. The van der Waals surface area contributed by atoms with E-state index in [-0.39, 0.29) is 24.0 Å². The molecule has 0 aliphatic rings. The number of para-hydroxylation sites is 1. The molecule has 0 fully saturated rings. The van der Waals surface area contributed by atoms with Gasteiger partial charge in [0.2, 0.25) is 0 Å². The highest BCUT2D eigenvalue weighted by Gasteiger charge is 2.02. The second kappa shape index (κ2) is 14.0. The smallest absolute Gasteiger partial charge is 0.191 e. The predicted molar refractivity (Wildman–Crippen MR) is 120 cm³/mol. The zero-order chi connectivity index (χ0) is 17.7. The summed E-state index contributed by atoms with van der Waals surface area (Å²) in [6, 6.07) is 8.15. The Morgan fingerprint density at radius 3 is 2.69 bits per heavy atom. The molecule has 3 N–H and O–H groups in total. The molecule has 0 atom stereocenters. The maximum atomic E-state index is 5.42. The number of halogens is 1. The largest absolute Gasteiger partial charge is 0.382 e. The number of aromatic nitrogens is 1. The van der Waals surface area contributed by atoms with E-state index in [2.05, 4.69) is 32.0 Å². The molecule has 0 unspecified atom stereocenters. The van der Waals surface area contributed by atoms with Gasteiger partial charge in [-0.15, -0.1) is 24.0 Å². The number of nitrogens with zero attached hydrogens (tertiary/aromatic N) is 2. The van der Waals surface area contributed by atoms with Crippen molar-refractivity contribution >= 4 is 56.6 Å². The lowest BCUT2D eigenvalue weighted by Crippen LogP contribution is -2.40. The first kappa shape index (κ1) is 22.9. The van der Waals surface area contributed by atoms with Gasteiger partial charge in [0.15, 0.2) is 11.1 Å². The number of methoxy groups -OCH3 is 1. The first-order chi connectivity index (χ1) is 12.3. The second-order valence-corrected chi connectivity index (χ2v) is 6.33. The summed E-state index contributed by atoms with van der Waals surface area (Å²) in [6.45, 7) is 4.35. The van der Waals surface area contributed by atoms with Crippen molar-refractivity contribution in [2.45, 2.75) is 6.42 Å². The highest BCUT2D eigenvalue weighted by Crippen LogP contribution is 2.24. The molecule has 2 rings (SSSR count). The van der Waals surface area contributed by atoms with Crippen molar-refractivity contribution in [3.63, 3.8) is 0 Å². The third kappa shape index (κ3) is 8.47. The topological polar surface area (TPSA) is 79.8 Å². The first-order valence-electron chi connectivity index (χ1n) is 8.44. The van der Waals surface area contributed by atoms with Gasteiger partial charge in [-0.05, 0) is 18.6 Å². The van der Waals surface area contributed by atoms with Crippen molar-refractivity contribution in [2.75, 3.05) is 58.9 Å². The van der Waals surface area contributed by atoms with Crippen molar-refractivity contribution in [1.82, 2.24) is 15.6 Å². The highest BCUT2D eigenvalue weighted by atomic mass is 127. The first-order valence-corrected chi connectivity index (χ1v) is 9.26. The van der Waals surface area contributed by atoms with Gasteiger partial charge in [0.25, 0.3) is 0 Å². The van der Waals surface area contributed by atoms with Gasteiger partial charge < -0.3 is 25.4 Å². The Morgan fingerprint density at radius 2 is 1.92 bits per heavy atom. The molecular formula is C17H28IN5O2S. The van der Waals surface area contributed by atoms with Crippen LogP contribution in [0.1, 0.15) is 6.42 Å². The van der Waals surface area contributed by atoms with E-state index in [1.807, 2.05) is 18.2 Å². The maximum Gasteiger partial charge on any atom is 0.191 e. The lowest BCUT2D eigenvalue weighted by molar-refractivity contribution is 0.0698. The van der Waals surface area contributed by atoms with Crippen LogP contribution in [-0.4, -0.2) is 64.6 Å². The summed E-state index contributed by atoms with van der Waals surface area (Å²) in [4.78, 5) is 8.76. The molecule has 7 nitrogen and oxygen atoms in total. The molecule has 9 heteroatoms. The third-order valence-electron chi connectivity index (χ3n) is 3.40. The van der Waals surface area contributed by atoms with E-state index in [0.717, 1.165) is 42.7 Å². The van der Waals surface area contributed by atoms with Gasteiger partial charge in [-0.3, -0.25) is 4.99 Å². The number of anilines is 1. The van der Waals surface area contributed by atoms with E-state index in [9.17, 15) is 0 Å². The number of guanidine groups is 1. The van der Waals surface area contributed by atoms with Crippen molar-refractivity contribution < 1.29 is 9.47 Å². The van der Waals surface area contributed by atoms with Gasteiger partial charge in [0, 0.05) is 40.4 Å². The van der Waals surface area contributed by atoms with Crippen LogP contribution >= 0.6 is 35.3 Å². The minimum Gasteiger partial charge on any atom is -0.382 e. The zero-order valence-corrected chi connectivity index (χ0v) is 18.4.